The van der Waals surface area contributed by atoms with Crippen molar-refractivity contribution >= 4 is 11.9 Å². The quantitative estimate of drug-likeness (QED) is 0.623. The van der Waals surface area contributed by atoms with E-state index in [1.807, 2.05) is 25.2 Å². The second kappa shape index (κ2) is 8.23. The molecule has 0 aliphatic rings. The molecule has 0 fully saturated rings. The number of nitrogens with two attached hydrogens (primary N) is 1. The molecule has 2 atom stereocenters. The number of carbonyl (C=O) groups is 2. The Hall–Kier alpha value is -2.28. The van der Waals surface area contributed by atoms with Gasteiger partial charge < -0.3 is 20.1 Å². The standard InChI is InChI=1S/C15H23N3O4/c1-10(14(19)17-15(16)20)18(2)8-7-11-5-6-12(21-3)13(9-11)22-4/h5-6,9-10H,7-8H2,1-4H3,(H3,16,17,19,20)/p+1/t10-/m0/s1. The average molecular weight is 310 g/mol. The minimum absolute atomic E-state index is 0.368. The van der Waals surface area contributed by atoms with E-state index in [0.717, 1.165) is 23.4 Å². The number of ether oxygens (including phenoxy) is 2. The largest absolute Gasteiger partial charge is 0.493 e. The van der Waals surface area contributed by atoms with Gasteiger partial charge in [0.05, 0.1) is 27.8 Å². The van der Waals surface area contributed by atoms with Gasteiger partial charge in [0.1, 0.15) is 0 Å². The Bertz CT molecular complexity index is 534. The molecule has 22 heavy (non-hydrogen) atoms. The molecule has 3 amide bonds. The van der Waals surface area contributed by atoms with Crippen LogP contribution in [0.5, 0.6) is 11.5 Å². The number of nitrogens with one attached hydrogen (secondary N) is 2. The molecule has 0 radical (unpaired) electrons. The highest BCUT2D eigenvalue weighted by molar-refractivity contribution is 5.95. The van der Waals surface area contributed by atoms with Gasteiger partial charge in [0.25, 0.3) is 5.91 Å². The summed E-state index contributed by atoms with van der Waals surface area (Å²) in [5.74, 6) is 0.982. The van der Waals surface area contributed by atoms with Crippen LogP contribution in [0.3, 0.4) is 0 Å². The topological polar surface area (TPSA) is 95.1 Å². The Balaban J connectivity index is 2.61. The normalized spacial score (nSPS) is 13.1. The summed E-state index contributed by atoms with van der Waals surface area (Å²) in [4.78, 5) is 23.4. The van der Waals surface area contributed by atoms with Crippen molar-refractivity contribution in [2.75, 3.05) is 27.8 Å². The molecule has 0 saturated heterocycles. The molecule has 0 heterocycles. The van der Waals surface area contributed by atoms with Gasteiger partial charge in [-0.3, -0.25) is 10.1 Å². The molecule has 0 aliphatic carbocycles. The summed E-state index contributed by atoms with van der Waals surface area (Å²) in [7, 11) is 5.08. The van der Waals surface area contributed by atoms with E-state index in [2.05, 4.69) is 5.32 Å². The molecule has 0 bridgehead atoms. The molecule has 1 unspecified atom stereocenters. The first-order chi connectivity index (χ1) is 10.4. The van der Waals surface area contributed by atoms with Gasteiger partial charge in [-0.15, -0.1) is 0 Å². The highest BCUT2D eigenvalue weighted by atomic mass is 16.5. The van der Waals surface area contributed by atoms with Crippen LogP contribution in [-0.4, -0.2) is 45.8 Å². The third kappa shape index (κ3) is 4.92. The number of quaternary nitrogens is 1. The SMILES string of the molecule is COc1ccc(CC[NH+](C)[C@@H](C)C(=O)NC(N)=O)cc1OC. The number of imide groups is 1. The number of methoxy groups -OCH3 is 2. The minimum Gasteiger partial charge on any atom is -0.493 e. The second-order valence-electron chi connectivity index (χ2n) is 5.11. The molecule has 122 valence electrons. The number of likely N-dealkylation sites (N-methyl/N-ethyl adjacent to an activating group) is 1. The summed E-state index contributed by atoms with van der Waals surface area (Å²) in [5.41, 5.74) is 6.03. The van der Waals surface area contributed by atoms with Crippen LogP contribution in [-0.2, 0) is 11.2 Å². The predicted octanol–water partition coefficient (Wildman–Crippen LogP) is -0.656. The molecule has 0 aromatic heterocycles. The van der Waals surface area contributed by atoms with Crippen molar-refractivity contribution in [1.29, 1.82) is 0 Å². The highest BCUT2D eigenvalue weighted by Gasteiger charge is 2.22. The summed E-state index contributed by atoms with van der Waals surface area (Å²) in [6.07, 6.45) is 0.764. The van der Waals surface area contributed by atoms with Crippen molar-refractivity contribution in [2.45, 2.75) is 19.4 Å². The van der Waals surface area contributed by atoms with E-state index in [1.165, 1.54) is 0 Å². The fourth-order valence-corrected chi connectivity index (χ4v) is 2.05. The number of amides is 3. The van der Waals surface area contributed by atoms with E-state index in [1.54, 1.807) is 21.1 Å². The fraction of sp³-hybridized carbons (Fsp3) is 0.467. The van der Waals surface area contributed by atoms with Crippen LogP contribution in [0, 0.1) is 0 Å². The first-order valence-electron chi connectivity index (χ1n) is 7.02. The van der Waals surface area contributed by atoms with Crippen molar-refractivity contribution in [2.24, 2.45) is 5.73 Å². The summed E-state index contributed by atoms with van der Waals surface area (Å²) in [5, 5.41) is 2.10. The van der Waals surface area contributed by atoms with Gasteiger partial charge in [0.15, 0.2) is 17.5 Å². The maximum atomic E-state index is 11.7. The number of hydrogen-bond donors (Lipinski definition) is 3. The van der Waals surface area contributed by atoms with Crippen LogP contribution >= 0.6 is 0 Å². The molecular weight excluding hydrogens is 286 g/mol. The zero-order chi connectivity index (χ0) is 16.7. The van der Waals surface area contributed by atoms with Gasteiger partial charge in [0.2, 0.25) is 0 Å². The van der Waals surface area contributed by atoms with E-state index in [-0.39, 0.29) is 11.9 Å². The van der Waals surface area contributed by atoms with Gasteiger partial charge in [-0.1, -0.05) is 6.07 Å². The highest BCUT2D eigenvalue weighted by Crippen LogP contribution is 2.27. The Kier molecular flexibility index (Phi) is 6.65. The van der Waals surface area contributed by atoms with Gasteiger partial charge in [-0.2, -0.15) is 0 Å². The predicted molar refractivity (Wildman–Crippen MR) is 82.2 cm³/mol. The van der Waals surface area contributed by atoms with E-state index < -0.39 is 6.03 Å². The molecule has 7 heteroatoms. The number of primary amides is 1. The van der Waals surface area contributed by atoms with Crippen LogP contribution in [0.1, 0.15) is 12.5 Å². The van der Waals surface area contributed by atoms with Crippen LogP contribution in [0.2, 0.25) is 0 Å². The summed E-state index contributed by atoms with van der Waals surface area (Å²) >= 11 is 0. The number of rotatable bonds is 7. The zero-order valence-electron chi connectivity index (χ0n) is 13.4. The summed E-state index contributed by atoms with van der Waals surface area (Å²) < 4.78 is 10.5. The van der Waals surface area contributed by atoms with E-state index in [4.69, 9.17) is 15.2 Å². The van der Waals surface area contributed by atoms with E-state index >= 15 is 0 Å². The van der Waals surface area contributed by atoms with Gasteiger partial charge in [0, 0.05) is 6.42 Å². The third-order valence-corrected chi connectivity index (χ3v) is 3.63. The number of urea groups is 1. The first kappa shape index (κ1) is 17.8. The van der Waals surface area contributed by atoms with Crippen LogP contribution in [0.15, 0.2) is 18.2 Å². The number of carbonyl (C=O) groups excluding carboxylic acids is 2. The monoisotopic (exact) mass is 310 g/mol. The van der Waals surface area contributed by atoms with Gasteiger partial charge in [-0.25, -0.2) is 4.79 Å². The van der Waals surface area contributed by atoms with Crippen molar-refractivity contribution < 1.29 is 24.0 Å². The van der Waals surface area contributed by atoms with Crippen LogP contribution in [0.25, 0.3) is 0 Å². The Morgan fingerprint density at radius 1 is 1.27 bits per heavy atom. The van der Waals surface area contributed by atoms with Crippen molar-refractivity contribution in [3.63, 3.8) is 0 Å². The van der Waals surface area contributed by atoms with Crippen molar-refractivity contribution in [3.8, 4) is 11.5 Å². The third-order valence-electron chi connectivity index (χ3n) is 3.63. The lowest BCUT2D eigenvalue weighted by Crippen LogP contribution is -3.14. The number of hydrogen-bond acceptors (Lipinski definition) is 4. The second-order valence-corrected chi connectivity index (χ2v) is 5.11. The lowest BCUT2D eigenvalue weighted by molar-refractivity contribution is -0.894. The zero-order valence-corrected chi connectivity index (χ0v) is 13.4. The Morgan fingerprint density at radius 3 is 2.45 bits per heavy atom. The summed E-state index contributed by atoms with van der Waals surface area (Å²) in [6.45, 7) is 2.48. The van der Waals surface area contributed by atoms with Crippen LogP contribution < -0.4 is 25.4 Å². The molecule has 0 aliphatic heterocycles. The molecule has 1 aromatic rings. The molecule has 7 nitrogen and oxygen atoms in total. The van der Waals surface area contributed by atoms with E-state index in [9.17, 15) is 9.59 Å². The summed E-state index contributed by atoms with van der Waals surface area (Å²) in [6, 6.07) is 4.53. The fourth-order valence-electron chi connectivity index (χ4n) is 2.05. The maximum Gasteiger partial charge on any atom is 0.319 e. The van der Waals surface area contributed by atoms with Gasteiger partial charge >= 0.3 is 6.03 Å². The Morgan fingerprint density at radius 2 is 1.91 bits per heavy atom. The Labute approximate surface area is 130 Å². The average Bonchev–Trinajstić information content (AvgIpc) is 2.50. The molecule has 4 N–H and O–H groups in total. The van der Waals surface area contributed by atoms with Crippen molar-refractivity contribution in [3.05, 3.63) is 23.8 Å². The first-order valence-corrected chi connectivity index (χ1v) is 7.02. The van der Waals surface area contributed by atoms with Crippen LogP contribution in [0.4, 0.5) is 4.79 Å². The lowest BCUT2D eigenvalue weighted by atomic mass is 10.1. The maximum absolute atomic E-state index is 11.7. The molecular formula is C15H24N3O4+. The number of benzene rings is 1. The molecule has 0 spiro atoms. The molecule has 1 aromatic carbocycles. The smallest absolute Gasteiger partial charge is 0.319 e. The van der Waals surface area contributed by atoms with E-state index in [0.29, 0.717) is 11.5 Å². The molecule has 0 saturated carbocycles. The molecule has 1 rings (SSSR count). The van der Waals surface area contributed by atoms with Crippen molar-refractivity contribution in [1.82, 2.24) is 5.32 Å². The van der Waals surface area contributed by atoms with Gasteiger partial charge in [-0.05, 0) is 24.6 Å². The minimum atomic E-state index is -0.829. The lowest BCUT2D eigenvalue weighted by Gasteiger charge is -2.20.